The summed E-state index contributed by atoms with van der Waals surface area (Å²) in [6.07, 6.45) is 2.44. The molecule has 1 aromatic heterocycles. The molecule has 0 saturated carbocycles. The number of aryl methyl sites for hydroxylation is 1. The van der Waals surface area contributed by atoms with Gasteiger partial charge in [0.1, 0.15) is 0 Å². The molecule has 7 heteroatoms. The summed E-state index contributed by atoms with van der Waals surface area (Å²) < 4.78 is 25.7. The molecule has 1 aliphatic heterocycles. The number of rotatable bonds is 6. The van der Waals surface area contributed by atoms with Crippen molar-refractivity contribution < 1.29 is 8.42 Å². The zero-order chi connectivity index (χ0) is 15.5. The second-order valence-corrected chi connectivity index (χ2v) is 8.65. The molecule has 1 aliphatic rings. The average Bonchev–Trinajstić information content (AvgIpc) is 2.85. The fourth-order valence-corrected chi connectivity index (χ4v) is 5.20. The van der Waals surface area contributed by atoms with Gasteiger partial charge >= 0.3 is 0 Å². The molecular weight excluding hydrogens is 306 g/mol. The van der Waals surface area contributed by atoms with Gasteiger partial charge in [0.25, 0.3) is 0 Å². The lowest BCUT2D eigenvalue weighted by Crippen LogP contribution is -2.46. The van der Waals surface area contributed by atoms with Crippen LogP contribution in [0.2, 0.25) is 0 Å². The van der Waals surface area contributed by atoms with Gasteiger partial charge in [0.2, 0.25) is 10.0 Å². The summed E-state index contributed by atoms with van der Waals surface area (Å²) in [6.45, 7) is 7.36. The Morgan fingerprint density at radius 1 is 1.48 bits per heavy atom. The van der Waals surface area contributed by atoms with E-state index in [0.717, 1.165) is 18.5 Å². The number of nitrogens with one attached hydrogen (secondary N) is 1. The van der Waals surface area contributed by atoms with Crippen LogP contribution in [0, 0.1) is 6.92 Å². The lowest BCUT2D eigenvalue weighted by atomic mass is 10.1. The highest BCUT2D eigenvalue weighted by Gasteiger charge is 2.28. The molecule has 1 atom stereocenters. The second-order valence-electron chi connectivity index (χ2n) is 5.68. The van der Waals surface area contributed by atoms with Crippen LogP contribution in [-0.4, -0.2) is 42.6 Å². The minimum atomic E-state index is -3.04. The molecule has 120 valence electrons. The number of hydrogen-bond donors (Lipinski definition) is 1. The Morgan fingerprint density at radius 3 is 2.67 bits per heavy atom. The maximum absolute atomic E-state index is 12.0. The molecule has 1 unspecified atom stereocenters. The van der Waals surface area contributed by atoms with Gasteiger partial charge in [-0.1, -0.05) is 6.92 Å². The number of piperidine rings is 1. The van der Waals surface area contributed by atoms with Gasteiger partial charge in [-0.05, 0) is 33.1 Å². The number of sulfonamides is 1. The molecule has 2 heterocycles. The molecule has 0 aliphatic carbocycles. The summed E-state index contributed by atoms with van der Waals surface area (Å²) in [5.41, 5.74) is 2.96. The SMILES string of the molecule is CCCS(=O)(=O)N1CCC(NC(C)c2scnc2C)CC1. The molecular formula is C14H25N3O2S2. The van der Waals surface area contributed by atoms with Gasteiger partial charge in [0, 0.05) is 30.1 Å². The Kier molecular flexibility index (Phi) is 5.76. The van der Waals surface area contributed by atoms with Crippen molar-refractivity contribution in [1.82, 2.24) is 14.6 Å². The quantitative estimate of drug-likeness (QED) is 0.869. The maximum Gasteiger partial charge on any atom is 0.214 e. The van der Waals surface area contributed by atoms with E-state index in [1.54, 1.807) is 15.6 Å². The molecule has 0 aromatic carbocycles. The summed E-state index contributed by atoms with van der Waals surface area (Å²) in [6, 6.07) is 0.663. The second kappa shape index (κ2) is 7.17. The van der Waals surface area contributed by atoms with E-state index in [1.165, 1.54) is 4.88 Å². The fourth-order valence-electron chi connectivity index (χ4n) is 2.84. The molecule has 5 nitrogen and oxygen atoms in total. The van der Waals surface area contributed by atoms with Crippen LogP contribution >= 0.6 is 11.3 Å². The highest BCUT2D eigenvalue weighted by molar-refractivity contribution is 7.89. The van der Waals surface area contributed by atoms with Crippen LogP contribution in [0.1, 0.15) is 49.7 Å². The fraction of sp³-hybridized carbons (Fsp3) is 0.786. The van der Waals surface area contributed by atoms with Crippen LogP contribution in [0.3, 0.4) is 0 Å². The molecule has 0 amide bonds. The summed E-state index contributed by atoms with van der Waals surface area (Å²) in [4.78, 5) is 5.56. The standard InChI is InChI=1S/C14H25N3O2S2/c1-4-9-21(18,19)17-7-5-13(6-8-17)16-12(3)14-11(2)15-10-20-14/h10,12-13,16H,4-9H2,1-3H3. The summed E-state index contributed by atoms with van der Waals surface area (Å²) in [7, 11) is -3.04. The van der Waals surface area contributed by atoms with Gasteiger partial charge in [-0.3, -0.25) is 0 Å². The first kappa shape index (κ1) is 16.9. The summed E-state index contributed by atoms with van der Waals surface area (Å²) in [5, 5.41) is 3.61. The topological polar surface area (TPSA) is 62.3 Å². The molecule has 1 saturated heterocycles. The number of hydrogen-bond acceptors (Lipinski definition) is 5. The van der Waals surface area contributed by atoms with Crippen molar-refractivity contribution in [3.8, 4) is 0 Å². The Labute approximate surface area is 131 Å². The monoisotopic (exact) mass is 331 g/mol. The maximum atomic E-state index is 12.0. The average molecular weight is 332 g/mol. The first-order valence-electron chi connectivity index (χ1n) is 7.58. The first-order chi connectivity index (χ1) is 9.94. The Bertz CT molecular complexity index is 548. The Balaban J connectivity index is 1.86. The van der Waals surface area contributed by atoms with Crippen molar-refractivity contribution in [2.24, 2.45) is 0 Å². The zero-order valence-corrected chi connectivity index (χ0v) is 14.6. The molecule has 0 bridgehead atoms. The predicted molar refractivity (Wildman–Crippen MR) is 87.1 cm³/mol. The van der Waals surface area contributed by atoms with E-state index >= 15 is 0 Å². The molecule has 0 spiro atoms. The third-order valence-electron chi connectivity index (χ3n) is 3.97. The molecule has 1 fully saturated rings. The highest BCUT2D eigenvalue weighted by atomic mass is 32.2. The van der Waals surface area contributed by atoms with Crippen LogP contribution in [0.5, 0.6) is 0 Å². The minimum Gasteiger partial charge on any atom is -0.307 e. The van der Waals surface area contributed by atoms with Crippen LogP contribution < -0.4 is 5.32 Å². The van der Waals surface area contributed by atoms with Crippen molar-refractivity contribution in [2.45, 2.75) is 52.1 Å². The molecule has 0 radical (unpaired) electrons. The predicted octanol–water partition coefficient (Wildman–Crippen LogP) is 2.31. The minimum absolute atomic E-state index is 0.265. The third kappa shape index (κ3) is 4.25. The van der Waals surface area contributed by atoms with Crippen molar-refractivity contribution in [3.05, 3.63) is 16.1 Å². The molecule has 21 heavy (non-hydrogen) atoms. The third-order valence-corrected chi connectivity index (χ3v) is 7.16. The number of thiazole rings is 1. The van der Waals surface area contributed by atoms with Crippen LogP contribution in [0.4, 0.5) is 0 Å². The van der Waals surface area contributed by atoms with E-state index in [2.05, 4.69) is 17.2 Å². The van der Waals surface area contributed by atoms with Crippen LogP contribution in [0.25, 0.3) is 0 Å². The smallest absolute Gasteiger partial charge is 0.214 e. The van der Waals surface area contributed by atoms with Crippen LogP contribution in [0.15, 0.2) is 5.51 Å². The zero-order valence-electron chi connectivity index (χ0n) is 13.0. The van der Waals surface area contributed by atoms with Gasteiger partial charge in [-0.25, -0.2) is 17.7 Å². The largest absolute Gasteiger partial charge is 0.307 e. The van der Waals surface area contributed by atoms with Gasteiger partial charge in [-0.2, -0.15) is 0 Å². The number of aromatic nitrogens is 1. The molecule has 1 aromatic rings. The summed E-state index contributed by atoms with van der Waals surface area (Å²) in [5.74, 6) is 0.265. The van der Waals surface area contributed by atoms with Crippen molar-refractivity contribution in [3.63, 3.8) is 0 Å². The lowest BCUT2D eigenvalue weighted by Gasteiger charge is -2.33. The van der Waals surface area contributed by atoms with E-state index in [-0.39, 0.29) is 11.8 Å². The van der Waals surface area contributed by atoms with Crippen LogP contribution in [-0.2, 0) is 10.0 Å². The normalized spacial score (nSPS) is 19.8. The van der Waals surface area contributed by atoms with Crippen molar-refractivity contribution >= 4 is 21.4 Å². The Morgan fingerprint density at radius 2 is 2.14 bits per heavy atom. The summed E-state index contributed by atoms with van der Waals surface area (Å²) >= 11 is 1.68. The van der Waals surface area contributed by atoms with Gasteiger partial charge in [0.05, 0.1) is 17.0 Å². The Hall–Kier alpha value is -0.500. The van der Waals surface area contributed by atoms with E-state index in [9.17, 15) is 8.42 Å². The van der Waals surface area contributed by atoms with Gasteiger partial charge in [-0.15, -0.1) is 11.3 Å². The van der Waals surface area contributed by atoms with Gasteiger partial charge < -0.3 is 5.32 Å². The lowest BCUT2D eigenvalue weighted by molar-refractivity contribution is 0.277. The number of nitrogens with zero attached hydrogens (tertiary/aromatic N) is 2. The van der Waals surface area contributed by atoms with E-state index in [0.29, 0.717) is 25.6 Å². The van der Waals surface area contributed by atoms with E-state index < -0.39 is 10.0 Å². The van der Waals surface area contributed by atoms with Gasteiger partial charge in [0.15, 0.2) is 0 Å². The molecule has 1 N–H and O–H groups in total. The van der Waals surface area contributed by atoms with Crippen molar-refractivity contribution in [2.75, 3.05) is 18.8 Å². The highest BCUT2D eigenvalue weighted by Crippen LogP contribution is 2.24. The first-order valence-corrected chi connectivity index (χ1v) is 10.1. The van der Waals surface area contributed by atoms with E-state index in [4.69, 9.17) is 0 Å². The molecule has 2 rings (SSSR count). The van der Waals surface area contributed by atoms with E-state index in [1.807, 2.05) is 19.4 Å². The van der Waals surface area contributed by atoms with Crippen molar-refractivity contribution in [1.29, 1.82) is 0 Å².